The highest BCUT2D eigenvalue weighted by molar-refractivity contribution is 5.24. The fourth-order valence-electron chi connectivity index (χ4n) is 6.72. The Balaban J connectivity index is 2.10. The maximum atomic E-state index is 4.68. The molecule has 0 saturated heterocycles. The maximum Gasteiger partial charge on any atom is 0.0764 e. The number of rotatable bonds is 21. The van der Waals surface area contributed by atoms with E-state index in [1.165, 1.54) is 29.7 Å². The number of benzene rings is 1. The van der Waals surface area contributed by atoms with Gasteiger partial charge in [0.25, 0.3) is 0 Å². The normalized spacial score (nSPS) is 14.6. The molecule has 256 valence electrons. The second-order valence-electron chi connectivity index (χ2n) is 15.1. The van der Waals surface area contributed by atoms with Crippen LogP contribution in [0.25, 0.3) is 0 Å². The second kappa shape index (κ2) is 17.5. The van der Waals surface area contributed by atoms with E-state index in [1.807, 2.05) is 0 Å². The lowest BCUT2D eigenvalue weighted by Crippen LogP contribution is -2.50. The molecule has 1 fully saturated rings. The highest BCUT2D eigenvalue weighted by atomic mass is 15.3. The smallest absolute Gasteiger partial charge is 0.0764 e. The van der Waals surface area contributed by atoms with Crippen LogP contribution in [0.5, 0.6) is 0 Å². The Bertz CT molecular complexity index is 1190. The monoisotopic (exact) mass is 630 g/mol. The van der Waals surface area contributed by atoms with Gasteiger partial charge in [-0.05, 0) is 55.9 Å². The van der Waals surface area contributed by atoms with Gasteiger partial charge in [0.05, 0.1) is 24.7 Å². The molecule has 1 saturated carbocycles. The van der Waals surface area contributed by atoms with Gasteiger partial charge in [0.1, 0.15) is 0 Å². The van der Waals surface area contributed by atoms with Crippen LogP contribution in [0.15, 0.2) is 104 Å². The van der Waals surface area contributed by atoms with E-state index in [2.05, 4.69) is 151 Å². The number of nitrogens with one attached hydrogen (secondary N) is 1. The minimum Gasteiger partial charge on any atom is -0.380 e. The van der Waals surface area contributed by atoms with E-state index in [0.29, 0.717) is 6.54 Å². The fourth-order valence-corrected chi connectivity index (χ4v) is 6.72. The molecule has 1 unspecified atom stereocenters. The van der Waals surface area contributed by atoms with Gasteiger partial charge in [-0.1, -0.05) is 116 Å². The van der Waals surface area contributed by atoms with Crippen molar-refractivity contribution >= 4 is 0 Å². The Morgan fingerprint density at radius 3 is 2.04 bits per heavy atom. The van der Waals surface area contributed by atoms with Gasteiger partial charge in [-0.15, -0.1) is 0 Å². The minimum atomic E-state index is -0.207. The zero-order valence-corrected chi connectivity index (χ0v) is 31.0. The minimum absolute atomic E-state index is 0.0943. The van der Waals surface area contributed by atoms with E-state index >= 15 is 0 Å². The summed E-state index contributed by atoms with van der Waals surface area (Å²) in [7, 11) is 8.42. The quantitative estimate of drug-likeness (QED) is 0.137. The van der Waals surface area contributed by atoms with E-state index in [4.69, 9.17) is 0 Å². The first-order valence-corrected chi connectivity index (χ1v) is 17.3. The number of allylic oxidation sites excluding steroid dienone is 1. The number of aryl methyl sites for hydroxylation is 1. The summed E-state index contributed by atoms with van der Waals surface area (Å²) in [6.07, 6.45) is 9.29. The standard InChI is InChI=1S/C41H67N5/c1-15-27-46(34(4)23-24-38-21-17-16-18-22-38)30-33(3)42-41(25-19-20-26-41)37(7)44(13)31-35(5)45(14)39(36(6)43(11)12)28-32(2)29-40(8,9)10/h16-18,21-22,39,42H,2-7,15,19-20,23-31H2,1,8-14H3. The van der Waals surface area contributed by atoms with Crippen molar-refractivity contribution in [3.05, 3.63) is 109 Å². The van der Waals surface area contributed by atoms with Gasteiger partial charge < -0.3 is 24.9 Å². The van der Waals surface area contributed by atoms with Crippen LogP contribution < -0.4 is 5.32 Å². The summed E-state index contributed by atoms with van der Waals surface area (Å²) in [5.41, 5.74) is 7.98. The highest BCUT2D eigenvalue weighted by Gasteiger charge is 2.39. The molecule has 0 aromatic heterocycles. The zero-order chi connectivity index (χ0) is 34.7. The topological polar surface area (TPSA) is 25.0 Å². The predicted octanol–water partition coefficient (Wildman–Crippen LogP) is 8.98. The summed E-state index contributed by atoms with van der Waals surface area (Å²) in [6, 6.07) is 10.8. The predicted molar refractivity (Wildman–Crippen MR) is 202 cm³/mol. The molecule has 2 rings (SSSR count). The largest absolute Gasteiger partial charge is 0.380 e. The van der Waals surface area contributed by atoms with Crippen LogP contribution in [-0.2, 0) is 6.42 Å². The Labute approximate surface area is 284 Å². The van der Waals surface area contributed by atoms with Gasteiger partial charge in [0.15, 0.2) is 0 Å². The number of hydrogen-bond acceptors (Lipinski definition) is 5. The van der Waals surface area contributed by atoms with Gasteiger partial charge >= 0.3 is 0 Å². The third-order valence-corrected chi connectivity index (χ3v) is 9.36. The van der Waals surface area contributed by atoms with Crippen molar-refractivity contribution in [1.82, 2.24) is 24.9 Å². The van der Waals surface area contributed by atoms with Crippen molar-refractivity contribution in [1.29, 1.82) is 0 Å². The van der Waals surface area contributed by atoms with Gasteiger partial charge in [-0.25, -0.2) is 0 Å². The molecule has 0 heterocycles. The third kappa shape index (κ3) is 11.8. The maximum absolute atomic E-state index is 4.68. The summed E-state index contributed by atoms with van der Waals surface area (Å²) in [4.78, 5) is 9.09. The molecule has 1 aromatic carbocycles. The second-order valence-corrected chi connectivity index (χ2v) is 15.1. The molecule has 0 radical (unpaired) electrons. The molecule has 0 spiro atoms. The van der Waals surface area contributed by atoms with Gasteiger partial charge in [-0.3, -0.25) is 0 Å². The molecule has 0 amide bonds. The Morgan fingerprint density at radius 2 is 1.50 bits per heavy atom. The molecular formula is C41H67N5. The van der Waals surface area contributed by atoms with Crippen LogP contribution in [0.2, 0.25) is 0 Å². The molecule has 1 aliphatic rings. The van der Waals surface area contributed by atoms with E-state index < -0.39 is 0 Å². The average molecular weight is 630 g/mol. The highest BCUT2D eigenvalue weighted by Crippen LogP contribution is 2.38. The Morgan fingerprint density at radius 1 is 0.891 bits per heavy atom. The van der Waals surface area contributed by atoms with Crippen LogP contribution in [0.4, 0.5) is 0 Å². The van der Waals surface area contributed by atoms with E-state index in [1.54, 1.807) is 0 Å². The zero-order valence-electron chi connectivity index (χ0n) is 31.0. The SMILES string of the molecule is C=C(CC(C(=C)N(C)C)N(C)C(=C)CN(C)C(=C)C1(NC(=C)CN(CCC)C(=C)CCc2ccccc2)CCCC1)CC(C)(C)C. The first-order chi connectivity index (χ1) is 21.5. The summed E-state index contributed by atoms with van der Waals surface area (Å²) in [5.74, 6) is 0. The lowest BCUT2D eigenvalue weighted by molar-refractivity contribution is 0.246. The first-order valence-electron chi connectivity index (χ1n) is 17.3. The Hall–Kier alpha value is -3.34. The molecule has 46 heavy (non-hydrogen) atoms. The fraction of sp³-hybridized carbons (Fsp3) is 0.561. The van der Waals surface area contributed by atoms with Crippen molar-refractivity contribution in [2.24, 2.45) is 5.41 Å². The van der Waals surface area contributed by atoms with Crippen LogP contribution in [0.1, 0.15) is 84.6 Å². The third-order valence-electron chi connectivity index (χ3n) is 9.36. The lowest BCUT2D eigenvalue weighted by atomic mass is 9.85. The molecule has 0 bridgehead atoms. The molecule has 5 nitrogen and oxygen atoms in total. The number of likely N-dealkylation sites (N-methyl/N-ethyl adjacent to an activating group) is 3. The summed E-state index contributed by atoms with van der Waals surface area (Å²) < 4.78 is 0. The van der Waals surface area contributed by atoms with Crippen molar-refractivity contribution in [3.63, 3.8) is 0 Å². The molecule has 1 aromatic rings. The summed E-state index contributed by atoms with van der Waals surface area (Å²) in [6.45, 7) is 38.6. The molecule has 5 heteroatoms. The van der Waals surface area contributed by atoms with Crippen LogP contribution in [-0.4, -0.2) is 79.0 Å². The van der Waals surface area contributed by atoms with E-state index in [-0.39, 0.29) is 17.0 Å². The van der Waals surface area contributed by atoms with Crippen molar-refractivity contribution in [2.45, 2.75) is 97.1 Å². The first kappa shape index (κ1) is 38.8. The Kier molecular flexibility index (Phi) is 14.8. The molecule has 0 aliphatic heterocycles. The van der Waals surface area contributed by atoms with E-state index in [9.17, 15) is 0 Å². The molecule has 1 aliphatic carbocycles. The molecule has 1 atom stereocenters. The van der Waals surface area contributed by atoms with Crippen molar-refractivity contribution in [2.75, 3.05) is 47.8 Å². The summed E-state index contributed by atoms with van der Waals surface area (Å²) in [5, 5.41) is 3.90. The van der Waals surface area contributed by atoms with E-state index in [0.717, 1.165) is 80.8 Å². The van der Waals surface area contributed by atoms with Crippen LogP contribution in [0, 0.1) is 5.41 Å². The van der Waals surface area contributed by atoms with Gasteiger partial charge in [-0.2, -0.15) is 0 Å². The van der Waals surface area contributed by atoms with Gasteiger partial charge in [0, 0.05) is 63.2 Å². The van der Waals surface area contributed by atoms with Crippen LogP contribution >= 0.6 is 0 Å². The molecule has 1 N–H and O–H groups in total. The average Bonchev–Trinajstić information content (AvgIpc) is 3.46. The molecular weight excluding hydrogens is 562 g/mol. The van der Waals surface area contributed by atoms with Crippen molar-refractivity contribution < 1.29 is 0 Å². The number of nitrogens with zero attached hydrogens (tertiary/aromatic N) is 4. The summed E-state index contributed by atoms with van der Waals surface area (Å²) >= 11 is 0. The van der Waals surface area contributed by atoms with Crippen LogP contribution in [0.3, 0.4) is 0 Å². The van der Waals surface area contributed by atoms with Gasteiger partial charge in [0.2, 0.25) is 0 Å². The lowest BCUT2D eigenvalue weighted by Gasteiger charge is -2.42. The number of hydrogen-bond donors (Lipinski definition) is 1. The van der Waals surface area contributed by atoms with Crippen molar-refractivity contribution in [3.8, 4) is 0 Å².